The van der Waals surface area contributed by atoms with Crippen molar-refractivity contribution in [3.8, 4) is 16.3 Å². The summed E-state index contributed by atoms with van der Waals surface area (Å²) < 4.78 is 5.77. The quantitative estimate of drug-likeness (QED) is 0.316. The first-order chi connectivity index (χ1) is 17.8. The van der Waals surface area contributed by atoms with Gasteiger partial charge in [-0.05, 0) is 61.2 Å². The van der Waals surface area contributed by atoms with Crippen LogP contribution in [0.2, 0.25) is 0 Å². The fourth-order valence-electron chi connectivity index (χ4n) is 6.34. The maximum absolute atomic E-state index is 5.77. The Morgan fingerprint density at radius 2 is 1.67 bits per heavy atom. The molecule has 36 heavy (non-hydrogen) atoms. The molecular weight excluding hydrogens is 462 g/mol. The molecule has 3 saturated heterocycles. The second-order valence-electron chi connectivity index (χ2n) is 9.93. The SMILES string of the molecule is COc1ccc(-c2nccs2)cc1CNC1C2CCN(CC2)C1C(c1ccccc1)c1ccccc1. The fourth-order valence-corrected chi connectivity index (χ4v) is 6.97. The van der Waals surface area contributed by atoms with E-state index >= 15 is 0 Å². The Kier molecular flexibility index (Phi) is 6.86. The van der Waals surface area contributed by atoms with Crippen LogP contribution in [0.4, 0.5) is 0 Å². The summed E-state index contributed by atoms with van der Waals surface area (Å²) in [6, 6.07) is 29.4. The van der Waals surface area contributed by atoms with Crippen molar-refractivity contribution in [2.45, 2.75) is 37.4 Å². The number of methoxy groups -OCH3 is 1. The number of hydrogen-bond acceptors (Lipinski definition) is 5. The summed E-state index contributed by atoms with van der Waals surface area (Å²) in [6.45, 7) is 3.16. The van der Waals surface area contributed by atoms with Gasteiger partial charge in [0.2, 0.25) is 0 Å². The highest BCUT2D eigenvalue weighted by Gasteiger charge is 2.46. The maximum Gasteiger partial charge on any atom is 0.123 e. The largest absolute Gasteiger partial charge is 0.496 e. The van der Waals surface area contributed by atoms with Gasteiger partial charge in [0.15, 0.2) is 0 Å². The van der Waals surface area contributed by atoms with Gasteiger partial charge >= 0.3 is 0 Å². The van der Waals surface area contributed by atoms with Gasteiger partial charge in [-0.15, -0.1) is 11.3 Å². The molecular formula is C31H33N3OS. The van der Waals surface area contributed by atoms with Crippen LogP contribution in [0.3, 0.4) is 0 Å². The van der Waals surface area contributed by atoms with Crippen molar-refractivity contribution in [1.82, 2.24) is 15.2 Å². The first-order valence-corrected chi connectivity index (χ1v) is 13.8. The first-order valence-electron chi connectivity index (χ1n) is 13.0. The van der Waals surface area contributed by atoms with Crippen molar-refractivity contribution in [2.24, 2.45) is 5.92 Å². The predicted molar refractivity (Wildman–Crippen MR) is 148 cm³/mol. The van der Waals surface area contributed by atoms with E-state index in [0.29, 0.717) is 23.9 Å². The number of hydrogen-bond donors (Lipinski definition) is 1. The zero-order valence-electron chi connectivity index (χ0n) is 20.7. The summed E-state index contributed by atoms with van der Waals surface area (Å²) in [5, 5.41) is 7.13. The van der Waals surface area contributed by atoms with Gasteiger partial charge in [0.25, 0.3) is 0 Å². The minimum Gasteiger partial charge on any atom is -0.496 e. The molecule has 0 saturated carbocycles. The molecule has 3 aromatic carbocycles. The Hall–Kier alpha value is -2.99. The maximum atomic E-state index is 5.77. The van der Waals surface area contributed by atoms with Crippen molar-refractivity contribution < 1.29 is 4.74 Å². The molecule has 7 rings (SSSR count). The fraction of sp³-hybridized carbons (Fsp3) is 0.323. The van der Waals surface area contributed by atoms with Gasteiger partial charge in [0.1, 0.15) is 10.8 Å². The van der Waals surface area contributed by atoms with Crippen molar-refractivity contribution in [3.05, 3.63) is 107 Å². The lowest BCUT2D eigenvalue weighted by Gasteiger charge is -2.54. The molecule has 2 bridgehead atoms. The van der Waals surface area contributed by atoms with E-state index < -0.39 is 0 Å². The monoisotopic (exact) mass is 495 g/mol. The average molecular weight is 496 g/mol. The number of thiazole rings is 1. The molecule has 3 fully saturated rings. The van der Waals surface area contributed by atoms with E-state index in [4.69, 9.17) is 4.74 Å². The molecule has 3 aliphatic heterocycles. The van der Waals surface area contributed by atoms with E-state index in [1.807, 2.05) is 11.6 Å². The molecule has 4 nitrogen and oxygen atoms in total. The number of rotatable bonds is 8. The van der Waals surface area contributed by atoms with Crippen molar-refractivity contribution >= 4 is 11.3 Å². The molecule has 1 aromatic heterocycles. The van der Waals surface area contributed by atoms with Gasteiger partial charge < -0.3 is 10.1 Å². The normalized spacial score (nSPS) is 23.2. The Labute approximate surface area is 218 Å². The Morgan fingerprint density at radius 3 is 2.28 bits per heavy atom. The summed E-state index contributed by atoms with van der Waals surface area (Å²) in [6.07, 6.45) is 4.40. The minimum atomic E-state index is 0.330. The Balaban J connectivity index is 1.33. The van der Waals surface area contributed by atoms with Crippen LogP contribution < -0.4 is 10.1 Å². The molecule has 2 unspecified atom stereocenters. The standard InChI is InChI=1S/C31H33N3OS/c1-35-27-13-12-25(31-32-16-19-36-31)20-26(27)21-33-29-24-14-17-34(18-15-24)30(29)28(22-8-4-2-5-9-22)23-10-6-3-7-11-23/h2-13,16,19-20,24,28-30,33H,14-15,17-18,21H2,1H3. The lowest BCUT2D eigenvalue weighted by Crippen LogP contribution is -2.64. The lowest BCUT2D eigenvalue weighted by atomic mass is 9.70. The van der Waals surface area contributed by atoms with Crippen molar-refractivity contribution in [1.29, 1.82) is 0 Å². The van der Waals surface area contributed by atoms with Crippen LogP contribution in [0.1, 0.15) is 35.4 Å². The van der Waals surface area contributed by atoms with Crippen LogP contribution >= 0.6 is 11.3 Å². The average Bonchev–Trinajstić information content (AvgIpc) is 3.49. The highest BCUT2D eigenvalue weighted by molar-refractivity contribution is 7.13. The third kappa shape index (κ3) is 4.59. The molecule has 184 valence electrons. The van der Waals surface area contributed by atoms with Gasteiger partial charge in [-0.1, -0.05) is 60.7 Å². The summed E-state index contributed by atoms with van der Waals surface area (Å²) in [5.41, 5.74) is 5.14. The van der Waals surface area contributed by atoms with Crippen LogP contribution in [0.25, 0.3) is 10.6 Å². The number of piperidine rings is 3. The number of nitrogens with one attached hydrogen (secondary N) is 1. The van der Waals surface area contributed by atoms with Gasteiger partial charge in [-0.25, -0.2) is 4.98 Å². The molecule has 4 heterocycles. The smallest absolute Gasteiger partial charge is 0.123 e. The molecule has 4 aromatic rings. The van der Waals surface area contributed by atoms with E-state index in [-0.39, 0.29) is 0 Å². The zero-order chi connectivity index (χ0) is 24.3. The van der Waals surface area contributed by atoms with Crippen LogP contribution in [-0.2, 0) is 6.54 Å². The van der Waals surface area contributed by atoms with E-state index in [9.17, 15) is 0 Å². The van der Waals surface area contributed by atoms with Crippen molar-refractivity contribution in [2.75, 3.05) is 20.2 Å². The highest BCUT2D eigenvalue weighted by Crippen LogP contribution is 2.42. The Morgan fingerprint density at radius 1 is 0.972 bits per heavy atom. The second kappa shape index (κ2) is 10.6. The second-order valence-corrected chi connectivity index (χ2v) is 10.8. The molecule has 0 radical (unpaired) electrons. The molecule has 2 atom stereocenters. The summed E-state index contributed by atoms with van der Waals surface area (Å²) in [7, 11) is 1.76. The number of benzene rings is 3. The molecule has 3 aliphatic rings. The number of ether oxygens (including phenoxy) is 1. The Bertz CT molecular complexity index is 1210. The van der Waals surface area contributed by atoms with E-state index in [1.165, 1.54) is 42.6 Å². The molecule has 0 amide bonds. The molecule has 0 spiro atoms. The van der Waals surface area contributed by atoms with Gasteiger partial charge in [0, 0.05) is 47.3 Å². The summed E-state index contributed by atoms with van der Waals surface area (Å²) in [4.78, 5) is 7.26. The lowest BCUT2D eigenvalue weighted by molar-refractivity contribution is 0.00462. The predicted octanol–water partition coefficient (Wildman–Crippen LogP) is 6.20. The zero-order valence-corrected chi connectivity index (χ0v) is 21.5. The highest BCUT2D eigenvalue weighted by atomic mass is 32.1. The van der Waals surface area contributed by atoms with Crippen LogP contribution in [-0.4, -0.2) is 42.2 Å². The van der Waals surface area contributed by atoms with E-state index in [1.54, 1.807) is 18.4 Å². The number of fused-ring (bicyclic) bond motifs is 3. The summed E-state index contributed by atoms with van der Waals surface area (Å²) in [5.74, 6) is 1.95. The van der Waals surface area contributed by atoms with E-state index in [2.05, 4.69) is 94.1 Å². The third-order valence-corrected chi connectivity index (χ3v) is 8.84. The third-order valence-electron chi connectivity index (χ3n) is 8.02. The number of aromatic nitrogens is 1. The van der Waals surface area contributed by atoms with E-state index in [0.717, 1.165) is 22.9 Å². The van der Waals surface area contributed by atoms with Gasteiger partial charge in [-0.2, -0.15) is 0 Å². The van der Waals surface area contributed by atoms with Crippen LogP contribution in [0, 0.1) is 5.92 Å². The van der Waals surface area contributed by atoms with Gasteiger partial charge in [0.05, 0.1) is 7.11 Å². The topological polar surface area (TPSA) is 37.4 Å². The molecule has 5 heteroatoms. The molecule has 1 N–H and O–H groups in total. The van der Waals surface area contributed by atoms with Crippen molar-refractivity contribution in [3.63, 3.8) is 0 Å². The molecule has 0 aliphatic carbocycles. The first kappa shape index (κ1) is 23.4. The van der Waals surface area contributed by atoms with Gasteiger partial charge in [-0.3, -0.25) is 4.90 Å². The number of nitrogens with zero attached hydrogens (tertiary/aromatic N) is 2. The summed E-state index contributed by atoms with van der Waals surface area (Å²) >= 11 is 1.67. The van der Waals surface area contributed by atoms with Crippen LogP contribution in [0.15, 0.2) is 90.4 Å². The minimum absolute atomic E-state index is 0.330. The van der Waals surface area contributed by atoms with Crippen LogP contribution in [0.5, 0.6) is 5.75 Å².